The summed E-state index contributed by atoms with van der Waals surface area (Å²) in [6.07, 6.45) is 3.17. The minimum Gasteiger partial charge on any atom is -0.495 e. The van der Waals surface area contributed by atoms with Gasteiger partial charge in [-0.05, 0) is 24.6 Å². The van der Waals surface area contributed by atoms with Crippen molar-refractivity contribution in [3.05, 3.63) is 36.5 Å². The number of nitrogens with zero attached hydrogens (tertiary/aromatic N) is 3. The van der Waals surface area contributed by atoms with E-state index in [0.29, 0.717) is 46.5 Å². The van der Waals surface area contributed by atoms with Gasteiger partial charge < -0.3 is 24.3 Å². The van der Waals surface area contributed by atoms with E-state index in [2.05, 4.69) is 15.6 Å². The lowest BCUT2D eigenvalue weighted by atomic mass is 10.1. The number of aromatic nitrogens is 3. The number of benzene rings is 2. The monoisotopic (exact) mass is 482 g/mol. The number of amides is 1. The van der Waals surface area contributed by atoms with E-state index in [4.69, 9.17) is 18.9 Å². The highest BCUT2D eigenvalue weighted by molar-refractivity contribution is 5.95. The summed E-state index contributed by atoms with van der Waals surface area (Å²) >= 11 is 0. The summed E-state index contributed by atoms with van der Waals surface area (Å²) < 4.78 is 23.4. The number of anilines is 1. The zero-order valence-corrected chi connectivity index (χ0v) is 20.6. The van der Waals surface area contributed by atoms with Crippen molar-refractivity contribution in [2.45, 2.75) is 32.6 Å². The molecule has 1 heterocycles. The van der Waals surface area contributed by atoms with Crippen LogP contribution >= 0.6 is 0 Å². The molecular formula is C25H30N4O6. The summed E-state index contributed by atoms with van der Waals surface area (Å²) in [6.45, 7) is 1.94. The van der Waals surface area contributed by atoms with Gasteiger partial charge in [0.1, 0.15) is 11.5 Å². The van der Waals surface area contributed by atoms with Gasteiger partial charge in [0.05, 0.1) is 51.7 Å². The van der Waals surface area contributed by atoms with Crippen LogP contribution in [0, 0.1) is 0 Å². The van der Waals surface area contributed by atoms with Crippen LogP contribution < -0.4 is 24.3 Å². The molecule has 10 nitrogen and oxygen atoms in total. The van der Waals surface area contributed by atoms with Crippen LogP contribution in [0.1, 0.15) is 32.6 Å². The van der Waals surface area contributed by atoms with Crippen LogP contribution in [0.3, 0.4) is 0 Å². The van der Waals surface area contributed by atoms with Crippen molar-refractivity contribution >= 4 is 17.4 Å². The van der Waals surface area contributed by atoms with Gasteiger partial charge in [-0.15, -0.1) is 5.10 Å². The van der Waals surface area contributed by atoms with E-state index in [1.54, 1.807) is 35.1 Å². The van der Waals surface area contributed by atoms with E-state index in [9.17, 15) is 9.59 Å². The molecule has 1 aromatic heterocycles. The fourth-order valence-corrected chi connectivity index (χ4v) is 3.65. The number of hydrogen-bond acceptors (Lipinski definition) is 8. The maximum atomic E-state index is 12.5. The molecular weight excluding hydrogens is 452 g/mol. The zero-order chi connectivity index (χ0) is 25.4. The molecule has 35 heavy (non-hydrogen) atoms. The van der Waals surface area contributed by atoms with Crippen LogP contribution in [0.5, 0.6) is 23.0 Å². The largest absolute Gasteiger partial charge is 0.495 e. The van der Waals surface area contributed by atoms with Crippen LogP contribution in [0.4, 0.5) is 5.69 Å². The third-order valence-corrected chi connectivity index (χ3v) is 5.37. The van der Waals surface area contributed by atoms with Gasteiger partial charge in [0.15, 0.2) is 11.5 Å². The number of ether oxygens (including phenoxy) is 4. The quantitative estimate of drug-likeness (QED) is 0.411. The Morgan fingerprint density at radius 2 is 1.57 bits per heavy atom. The molecule has 2 aromatic carbocycles. The lowest BCUT2D eigenvalue weighted by Gasteiger charge is -2.15. The number of Topliss-reactive ketones (excluding diaryl/α,β-unsaturated/α-hetero) is 1. The molecule has 0 spiro atoms. The lowest BCUT2D eigenvalue weighted by molar-refractivity contribution is -0.122. The highest BCUT2D eigenvalue weighted by Crippen LogP contribution is 2.40. The Balaban J connectivity index is 1.94. The Labute approximate surface area is 204 Å². The van der Waals surface area contributed by atoms with Gasteiger partial charge in [-0.3, -0.25) is 9.59 Å². The average molecular weight is 483 g/mol. The molecule has 0 fully saturated rings. The lowest BCUT2D eigenvalue weighted by Crippen LogP contribution is -2.14. The Morgan fingerprint density at radius 1 is 0.886 bits per heavy atom. The molecule has 0 saturated heterocycles. The Hall–Kier alpha value is -4.08. The predicted molar refractivity (Wildman–Crippen MR) is 131 cm³/mol. The second-order valence-corrected chi connectivity index (χ2v) is 7.67. The minimum absolute atomic E-state index is 0.0729. The van der Waals surface area contributed by atoms with Crippen LogP contribution in [0.2, 0.25) is 0 Å². The number of nitrogens with one attached hydrogen (secondary N) is 1. The number of carbonyl (C=O) groups is 2. The normalized spacial score (nSPS) is 10.5. The second-order valence-electron chi connectivity index (χ2n) is 7.67. The van der Waals surface area contributed by atoms with Gasteiger partial charge in [-0.2, -0.15) is 0 Å². The molecule has 1 N–H and O–H groups in total. The molecule has 1 amide bonds. The number of ketones is 1. The van der Waals surface area contributed by atoms with Gasteiger partial charge in [0, 0.05) is 37.0 Å². The minimum atomic E-state index is -0.263. The third-order valence-electron chi connectivity index (χ3n) is 5.37. The molecule has 0 unspecified atom stereocenters. The molecule has 3 rings (SSSR count). The average Bonchev–Trinajstić information content (AvgIpc) is 3.36. The summed E-state index contributed by atoms with van der Waals surface area (Å²) in [4.78, 5) is 24.3. The Bertz CT molecular complexity index is 1170. The molecule has 186 valence electrons. The molecule has 10 heteroatoms. The fraction of sp³-hybridized carbons (Fsp3) is 0.360. The molecule has 0 saturated carbocycles. The van der Waals surface area contributed by atoms with E-state index in [0.717, 1.165) is 12.0 Å². The van der Waals surface area contributed by atoms with E-state index in [-0.39, 0.29) is 24.5 Å². The van der Waals surface area contributed by atoms with Crippen molar-refractivity contribution < 1.29 is 28.5 Å². The van der Waals surface area contributed by atoms with E-state index in [1.807, 2.05) is 13.0 Å². The van der Waals surface area contributed by atoms with Crippen molar-refractivity contribution in [3.63, 3.8) is 0 Å². The second kappa shape index (κ2) is 11.9. The number of carbonyl (C=O) groups excluding carboxylic acids is 2. The van der Waals surface area contributed by atoms with E-state index in [1.165, 1.54) is 28.4 Å². The standard InChI is InChI=1S/C25H30N4O6/c1-6-7-18(30)9-11-24(31)27-19-12-16(8-10-21(19)32-2)20-15-26-28-29(20)17-13-22(33-3)25(35-5)23(14-17)34-4/h8,10,12-15H,6-7,9,11H2,1-5H3,(H,27,31). The molecule has 3 aromatic rings. The third kappa shape index (κ3) is 5.89. The summed E-state index contributed by atoms with van der Waals surface area (Å²) in [6, 6.07) is 8.89. The first-order valence-corrected chi connectivity index (χ1v) is 11.2. The molecule has 0 bridgehead atoms. The Kier molecular flexibility index (Phi) is 8.66. The molecule has 0 aliphatic rings. The summed E-state index contributed by atoms with van der Waals surface area (Å²) in [5.74, 6) is 1.72. The molecule has 0 aliphatic carbocycles. The summed E-state index contributed by atoms with van der Waals surface area (Å²) in [5, 5.41) is 11.1. The van der Waals surface area contributed by atoms with Crippen molar-refractivity contribution in [1.82, 2.24) is 15.0 Å². The van der Waals surface area contributed by atoms with Gasteiger partial charge in [-0.1, -0.05) is 12.1 Å². The first-order valence-electron chi connectivity index (χ1n) is 11.2. The molecule has 0 atom stereocenters. The van der Waals surface area contributed by atoms with Crippen molar-refractivity contribution in [3.8, 4) is 39.9 Å². The van der Waals surface area contributed by atoms with Crippen LogP contribution in [-0.2, 0) is 9.59 Å². The zero-order valence-electron chi connectivity index (χ0n) is 20.6. The number of methoxy groups -OCH3 is 4. The number of rotatable bonds is 12. The van der Waals surface area contributed by atoms with Gasteiger partial charge >= 0.3 is 0 Å². The van der Waals surface area contributed by atoms with Crippen molar-refractivity contribution in [1.29, 1.82) is 0 Å². The first-order chi connectivity index (χ1) is 16.9. The smallest absolute Gasteiger partial charge is 0.224 e. The first kappa shape index (κ1) is 25.5. The summed E-state index contributed by atoms with van der Waals surface area (Å²) in [5.41, 5.74) is 2.52. The summed E-state index contributed by atoms with van der Waals surface area (Å²) in [7, 11) is 6.14. The van der Waals surface area contributed by atoms with Crippen molar-refractivity contribution in [2.75, 3.05) is 33.8 Å². The SMILES string of the molecule is CCCC(=O)CCC(=O)Nc1cc(-c2cnnn2-c2cc(OC)c(OC)c(OC)c2)ccc1OC. The van der Waals surface area contributed by atoms with Gasteiger partial charge in [0.2, 0.25) is 11.7 Å². The van der Waals surface area contributed by atoms with E-state index < -0.39 is 0 Å². The van der Waals surface area contributed by atoms with Crippen LogP contribution in [-0.4, -0.2) is 55.1 Å². The predicted octanol–water partition coefficient (Wildman–Crippen LogP) is 4.06. The number of hydrogen-bond donors (Lipinski definition) is 1. The molecule has 0 aliphatic heterocycles. The van der Waals surface area contributed by atoms with Gasteiger partial charge in [-0.25, -0.2) is 4.68 Å². The maximum absolute atomic E-state index is 12.5. The fourth-order valence-electron chi connectivity index (χ4n) is 3.65. The maximum Gasteiger partial charge on any atom is 0.224 e. The van der Waals surface area contributed by atoms with E-state index >= 15 is 0 Å². The van der Waals surface area contributed by atoms with Crippen molar-refractivity contribution in [2.24, 2.45) is 0 Å². The molecule has 0 radical (unpaired) electrons. The van der Waals surface area contributed by atoms with Crippen LogP contribution in [0.15, 0.2) is 36.5 Å². The van der Waals surface area contributed by atoms with Gasteiger partial charge in [0.25, 0.3) is 0 Å². The highest BCUT2D eigenvalue weighted by Gasteiger charge is 2.18. The highest BCUT2D eigenvalue weighted by atomic mass is 16.5. The van der Waals surface area contributed by atoms with Crippen LogP contribution in [0.25, 0.3) is 16.9 Å². The Morgan fingerprint density at radius 3 is 2.17 bits per heavy atom. The topological polar surface area (TPSA) is 114 Å².